The predicted octanol–water partition coefficient (Wildman–Crippen LogP) is 2.70. The minimum Gasteiger partial charge on any atom is -0.461 e. The number of carbonyl (C=O) groups excluding carboxylic acids is 2. The van der Waals surface area contributed by atoms with Gasteiger partial charge in [0.1, 0.15) is 13.2 Å². The zero-order valence-electron chi connectivity index (χ0n) is 15.8. The SMILES string of the molecule is C=CC(C/C=C\COC(=O)CC(C)O)CC/C=C/COC(=O)CC(C)O. The van der Waals surface area contributed by atoms with Gasteiger partial charge in [0, 0.05) is 0 Å². The number of esters is 2. The molecule has 0 aliphatic rings. The molecular weight excluding hydrogens is 336 g/mol. The Hall–Kier alpha value is -1.92. The Balaban J connectivity index is 3.83. The average Bonchev–Trinajstić information content (AvgIpc) is 2.54. The second-order valence-corrected chi connectivity index (χ2v) is 6.22. The van der Waals surface area contributed by atoms with Crippen molar-refractivity contribution in [2.75, 3.05) is 13.2 Å². The van der Waals surface area contributed by atoms with Gasteiger partial charge in [0.2, 0.25) is 0 Å². The Bertz CT molecular complexity index is 465. The third-order valence-corrected chi connectivity index (χ3v) is 3.41. The normalized spacial score (nSPS) is 14.9. The van der Waals surface area contributed by atoms with E-state index in [1.165, 1.54) is 0 Å². The number of aliphatic hydroxyl groups excluding tert-OH is 2. The summed E-state index contributed by atoms with van der Waals surface area (Å²) in [5.74, 6) is -0.515. The molecule has 0 aliphatic carbocycles. The topological polar surface area (TPSA) is 93.1 Å². The molecule has 3 unspecified atom stereocenters. The van der Waals surface area contributed by atoms with Crippen LogP contribution < -0.4 is 0 Å². The maximum absolute atomic E-state index is 11.2. The molecule has 0 aromatic rings. The van der Waals surface area contributed by atoms with Gasteiger partial charge in [-0.2, -0.15) is 0 Å². The van der Waals surface area contributed by atoms with Gasteiger partial charge >= 0.3 is 11.9 Å². The molecule has 0 radical (unpaired) electrons. The highest BCUT2D eigenvalue weighted by atomic mass is 16.5. The van der Waals surface area contributed by atoms with E-state index in [2.05, 4.69) is 6.58 Å². The fourth-order valence-electron chi connectivity index (χ4n) is 2.05. The first-order chi connectivity index (χ1) is 12.3. The summed E-state index contributed by atoms with van der Waals surface area (Å²) in [6.45, 7) is 7.32. The van der Waals surface area contributed by atoms with Crippen LogP contribution in [0.15, 0.2) is 37.0 Å². The fourth-order valence-corrected chi connectivity index (χ4v) is 2.05. The average molecular weight is 368 g/mol. The molecule has 0 saturated heterocycles. The molecule has 0 heterocycles. The maximum Gasteiger partial charge on any atom is 0.308 e. The zero-order valence-corrected chi connectivity index (χ0v) is 15.8. The number of hydrogen-bond donors (Lipinski definition) is 2. The lowest BCUT2D eigenvalue weighted by atomic mass is 9.99. The van der Waals surface area contributed by atoms with Crippen LogP contribution in [-0.4, -0.2) is 47.6 Å². The number of ether oxygens (including phenoxy) is 2. The highest BCUT2D eigenvalue weighted by molar-refractivity contribution is 5.70. The van der Waals surface area contributed by atoms with Crippen LogP contribution in [0.2, 0.25) is 0 Å². The summed E-state index contributed by atoms with van der Waals surface area (Å²) in [5.41, 5.74) is 0. The number of rotatable bonds is 14. The van der Waals surface area contributed by atoms with E-state index >= 15 is 0 Å². The molecule has 148 valence electrons. The van der Waals surface area contributed by atoms with Gasteiger partial charge in [0.05, 0.1) is 25.0 Å². The van der Waals surface area contributed by atoms with Crippen LogP contribution in [0.5, 0.6) is 0 Å². The van der Waals surface area contributed by atoms with E-state index in [0.29, 0.717) is 5.92 Å². The van der Waals surface area contributed by atoms with Crippen LogP contribution in [0.1, 0.15) is 46.0 Å². The van der Waals surface area contributed by atoms with E-state index in [0.717, 1.165) is 19.3 Å². The number of aliphatic hydroxyl groups is 2. The Morgan fingerprint density at radius 3 is 1.88 bits per heavy atom. The Morgan fingerprint density at radius 1 is 0.923 bits per heavy atom. The minimum absolute atomic E-state index is 0.00376. The zero-order chi connectivity index (χ0) is 19.8. The van der Waals surface area contributed by atoms with Crippen LogP contribution in [-0.2, 0) is 19.1 Å². The molecule has 0 spiro atoms. The van der Waals surface area contributed by atoms with Gasteiger partial charge < -0.3 is 19.7 Å². The van der Waals surface area contributed by atoms with Crippen LogP contribution in [0.4, 0.5) is 0 Å². The predicted molar refractivity (Wildman–Crippen MR) is 100 cm³/mol. The summed E-state index contributed by atoms with van der Waals surface area (Å²) in [5, 5.41) is 18.1. The van der Waals surface area contributed by atoms with Crippen molar-refractivity contribution in [1.29, 1.82) is 0 Å². The minimum atomic E-state index is -0.688. The molecule has 0 saturated carbocycles. The van der Waals surface area contributed by atoms with Gasteiger partial charge in [-0.3, -0.25) is 9.59 Å². The van der Waals surface area contributed by atoms with Crippen molar-refractivity contribution in [3.8, 4) is 0 Å². The van der Waals surface area contributed by atoms with E-state index in [1.54, 1.807) is 26.0 Å². The van der Waals surface area contributed by atoms with Crippen LogP contribution in [0.3, 0.4) is 0 Å². The quantitative estimate of drug-likeness (QED) is 0.362. The number of hydrogen-bond acceptors (Lipinski definition) is 6. The van der Waals surface area contributed by atoms with Crippen molar-refractivity contribution in [2.24, 2.45) is 5.92 Å². The third kappa shape index (κ3) is 15.6. The van der Waals surface area contributed by atoms with Gasteiger partial charge in [0.15, 0.2) is 0 Å². The second kappa shape index (κ2) is 15.3. The molecule has 3 atom stereocenters. The lowest BCUT2D eigenvalue weighted by Gasteiger charge is -2.08. The van der Waals surface area contributed by atoms with Crippen molar-refractivity contribution in [2.45, 2.75) is 58.2 Å². The molecule has 0 fully saturated rings. The Kier molecular flexibility index (Phi) is 14.2. The van der Waals surface area contributed by atoms with Crippen molar-refractivity contribution in [3.05, 3.63) is 37.0 Å². The largest absolute Gasteiger partial charge is 0.461 e. The van der Waals surface area contributed by atoms with E-state index in [-0.39, 0.29) is 26.1 Å². The molecule has 0 bridgehead atoms. The van der Waals surface area contributed by atoms with Crippen LogP contribution >= 0.6 is 0 Å². The van der Waals surface area contributed by atoms with E-state index in [4.69, 9.17) is 19.7 Å². The molecule has 26 heavy (non-hydrogen) atoms. The Labute approximate surface area is 156 Å². The van der Waals surface area contributed by atoms with Gasteiger partial charge in [0.25, 0.3) is 0 Å². The molecule has 0 amide bonds. The van der Waals surface area contributed by atoms with Gasteiger partial charge in [-0.15, -0.1) is 6.58 Å². The first-order valence-electron chi connectivity index (χ1n) is 8.95. The summed E-state index contributed by atoms with van der Waals surface area (Å²) >= 11 is 0. The van der Waals surface area contributed by atoms with E-state index in [1.807, 2.05) is 18.2 Å². The fraction of sp³-hybridized carbons (Fsp3) is 0.600. The lowest BCUT2D eigenvalue weighted by Crippen LogP contribution is -2.12. The highest BCUT2D eigenvalue weighted by Gasteiger charge is 2.06. The molecule has 0 aliphatic heterocycles. The van der Waals surface area contributed by atoms with Crippen molar-refractivity contribution < 1.29 is 29.3 Å². The molecule has 6 nitrogen and oxygen atoms in total. The van der Waals surface area contributed by atoms with E-state index < -0.39 is 24.1 Å². The summed E-state index contributed by atoms with van der Waals surface area (Å²) < 4.78 is 9.90. The molecule has 2 N–H and O–H groups in total. The van der Waals surface area contributed by atoms with Crippen LogP contribution in [0, 0.1) is 5.92 Å². The summed E-state index contributed by atoms with van der Waals surface area (Å²) in [7, 11) is 0. The van der Waals surface area contributed by atoms with E-state index in [9.17, 15) is 9.59 Å². The molecule has 0 aromatic carbocycles. The first kappa shape index (κ1) is 24.1. The molecular formula is C20H32O6. The monoisotopic (exact) mass is 368 g/mol. The molecule has 6 heteroatoms. The summed E-state index contributed by atoms with van der Waals surface area (Å²) in [6.07, 6.45) is 10.5. The van der Waals surface area contributed by atoms with Gasteiger partial charge in [-0.25, -0.2) is 0 Å². The number of allylic oxidation sites excluding steroid dienone is 3. The first-order valence-corrected chi connectivity index (χ1v) is 8.95. The van der Waals surface area contributed by atoms with Crippen molar-refractivity contribution in [1.82, 2.24) is 0 Å². The summed E-state index contributed by atoms with van der Waals surface area (Å²) in [6, 6.07) is 0. The van der Waals surface area contributed by atoms with Gasteiger partial charge in [-0.05, 0) is 39.0 Å². The maximum atomic E-state index is 11.2. The highest BCUT2D eigenvalue weighted by Crippen LogP contribution is 2.13. The second-order valence-electron chi connectivity index (χ2n) is 6.22. The van der Waals surface area contributed by atoms with Gasteiger partial charge in [-0.1, -0.05) is 30.4 Å². The summed E-state index contributed by atoms with van der Waals surface area (Å²) in [4.78, 5) is 22.5. The molecule has 0 aromatic heterocycles. The van der Waals surface area contributed by atoms with Crippen molar-refractivity contribution >= 4 is 11.9 Å². The standard InChI is InChI=1S/C20H32O6/c1-4-18(11-7-9-13-26-20(24)15-17(3)22)10-6-5-8-12-25-19(23)14-16(2)21/h4-5,7-9,16-18,21-22H,1,6,10-15H2,2-3H3/b8-5+,9-7-. The molecule has 0 rings (SSSR count). The Morgan fingerprint density at radius 2 is 1.42 bits per heavy atom. The smallest absolute Gasteiger partial charge is 0.308 e. The third-order valence-electron chi connectivity index (χ3n) is 3.41. The van der Waals surface area contributed by atoms with Crippen LogP contribution in [0.25, 0.3) is 0 Å². The lowest BCUT2D eigenvalue weighted by molar-refractivity contribution is -0.145. The number of carbonyl (C=O) groups is 2. The van der Waals surface area contributed by atoms with Crippen molar-refractivity contribution in [3.63, 3.8) is 0 Å².